The third-order valence-corrected chi connectivity index (χ3v) is 2.90. The molecule has 2 aliphatic heterocycles. The van der Waals surface area contributed by atoms with Crippen molar-refractivity contribution >= 4 is 0 Å². The number of nitrogens with one attached hydrogen (secondary N) is 2. The Kier molecular flexibility index (Phi) is 1.46. The standard InChI is InChI=1S/C8H16N2.2H2/c1-7-4-8(6-10-7)2-3-9-5-8;;/h7,9-10H,2-6H2,1H3;2*1H. The molecule has 0 saturated carbocycles. The normalized spacial score (nSPS) is 47.1. The third-order valence-electron chi connectivity index (χ3n) is 2.90. The summed E-state index contributed by atoms with van der Waals surface area (Å²) in [7, 11) is 0. The van der Waals surface area contributed by atoms with Gasteiger partial charge < -0.3 is 10.6 Å². The molecule has 2 atom stereocenters. The molecule has 62 valence electrons. The van der Waals surface area contributed by atoms with Crippen molar-refractivity contribution in [2.45, 2.75) is 25.8 Å². The molecule has 0 aromatic heterocycles. The topological polar surface area (TPSA) is 24.1 Å². The Bertz CT molecular complexity index is 135. The van der Waals surface area contributed by atoms with Gasteiger partial charge in [0.15, 0.2) is 0 Å². The van der Waals surface area contributed by atoms with Gasteiger partial charge in [-0.25, -0.2) is 0 Å². The molecule has 0 aromatic carbocycles. The Morgan fingerprint density at radius 1 is 1.50 bits per heavy atom. The summed E-state index contributed by atoms with van der Waals surface area (Å²) in [5.74, 6) is 0. The van der Waals surface area contributed by atoms with E-state index in [9.17, 15) is 0 Å². The van der Waals surface area contributed by atoms with Crippen LogP contribution in [0, 0.1) is 5.41 Å². The Morgan fingerprint density at radius 3 is 2.90 bits per heavy atom. The molecule has 0 radical (unpaired) electrons. The van der Waals surface area contributed by atoms with Gasteiger partial charge in [-0.15, -0.1) is 0 Å². The average Bonchev–Trinajstić information content (AvgIpc) is 2.46. The van der Waals surface area contributed by atoms with Gasteiger partial charge in [-0.05, 0) is 31.7 Å². The fourth-order valence-electron chi connectivity index (χ4n) is 2.31. The molecular formula is C8H20N2. The van der Waals surface area contributed by atoms with Gasteiger partial charge in [0.25, 0.3) is 0 Å². The van der Waals surface area contributed by atoms with Crippen molar-refractivity contribution in [1.29, 1.82) is 0 Å². The van der Waals surface area contributed by atoms with Crippen LogP contribution in [0.25, 0.3) is 0 Å². The van der Waals surface area contributed by atoms with Crippen LogP contribution in [-0.4, -0.2) is 25.7 Å². The number of rotatable bonds is 0. The maximum absolute atomic E-state index is 3.51. The summed E-state index contributed by atoms with van der Waals surface area (Å²) in [6.45, 7) is 5.99. The minimum absolute atomic E-state index is 0. The van der Waals surface area contributed by atoms with E-state index in [0.29, 0.717) is 5.41 Å². The molecule has 1 spiro atoms. The van der Waals surface area contributed by atoms with Crippen molar-refractivity contribution in [3.05, 3.63) is 0 Å². The van der Waals surface area contributed by atoms with Crippen molar-refractivity contribution in [2.24, 2.45) is 5.41 Å². The second kappa shape index (κ2) is 2.21. The molecule has 10 heavy (non-hydrogen) atoms. The van der Waals surface area contributed by atoms with Gasteiger partial charge in [0.05, 0.1) is 0 Å². The minimum atomic E-state index is 0. The molecular weight excluding hydrogens is 124 g/mol. The zero-order chi connectivity index (χ0) is 7.03. The van der Waals surface area contributed by atoms with E-state index in [1.165, 1.54) is 32.5 Å². The molecule has 2 heterocycles. The van der Waals surface area contributed by atoms with Crippen molar-refractivity contribution < 1.29 is 2.85 Å². The van der Waals surface area contributed by atoms with E-state index in [1.807, 2.05) is 0 Å². The van der Waals surface area contributed by atoms with Gasteiger partial charge in [0.1, 0.15) is 0 Å². The van der Waals surface area contributed by atoms with Crippen LogP contribution in [0.1, 0.15) is 22.6 Å². The molecule has 0 bridgehead atoms. The lowest BCUT2D eigenvalue weighted by Crippen LogP contribution is -2.26. The van der Waals surface area contributed by atoms with Crippen LogP contribution in [0.15, 0.2) is 0 Å². The van der Waals surface area contributed by atoms with Crippen molar-refractivity contribution in [3.8, 4) is 0 Å². The minimum Gasteiger partial charge on any atom is -0.316 e. The summed E-state index contributed by atoms with van der Waals surface area (Å²) in [5.41, 5.74) is 0.638. The van der Waals surface area contributed by atoms with Crippen LogP contribution in [0.5, 0.6) is 0 Å². The van der Waals surface area contributed by atoms with Crippen molar-refractivity contribution in [2.75, 3.05) is 19.6 Å². The molecule has 2 unspecified atom stereocenters. The highest BCUT2D eigenvalue weighted by molar-refractivity contribution is 4.97. The SMILES string of the molecule is CC1CC2(CCNC2)CN1.[HH].[HH]. The Labute approximate surface area is 65.4 Å². The van der Waals surface area contributed by atoms with E-state index >= 15 is 0 Å². The summed E-state index contributed by atoms with van der Waals surface area (Å²) in [4.78, 5) is 0. The highest BCUT2D eigenvalue weighted by Crippen LogP contribution is 2.34. The van der Waals surface area contributed by atoms with E-state index in [4.69, 9.17) is 0 Å². The van der Waals surface area contributed by atoms with E-state index in [-0.39, 0.29) is 2.85 Å². The largest absolute Gasteiger partial charge is 0.316 e. The third kappa shape index (κ3) is 0.956. The van der Waals surface area contributed by atoms with Crippen molar-refractivity contribution in [3.63, 3.8) is 0 Å². The van der Waals surface area contributed by atoms with Crippen LogP contribution in [0.2, 0.25) is 0 Å². The maximum Gasteiger partial charge on any atom is 0.00452 e. The fraction of sp³-hybridized carbons (Fsp3) is 1.00. The molecule has 2 heteroatoms. The van der Waals surface area contributed by atoms with Gasteiger partial charge in [-0.2, -0.15) is 0 Å². The van der Waals surface area contributed by atoms with Crippen LogP contribution < -0.4 is 10.6 Å². The van der Waals surface area contributed by atoms with E-state index in [2.05, 4.69) is 17.6 Å². The lowest BCUT2D eigenvalue weighted by molar-refractivity contribution is 0.358. The first kappa shape index (κ1) is 6.62. The van der Waals surface area contributed by atoms with Crippen LogP contribution in [0.3, 0.4) is 0 Å². The fourth-order valence-corrected chi connectivity index (χ4v) is 2.31. The lowest BCUT2D eigenvalue weighted by atomic mass is 9.85. The highest BCUT2D eigenvalue weighted by atomic mass is 15.0. The Balaban J connectivity index is 0.000000605. The predicted octanol–water partition coefficient (Wildman–Crippen LogP) is 0.840. The summed E-state index contributed by atoms with van der Waals surface area (Å²) in [6, 6.07) is 0.750. The molecule has 0 aliphatic carbocycles. The van der Waals surface area contributed by atoms with Gasteiger partial charge in [0.2, 0.25) is 0 Å². The number of hydrogen-bond donors (Lipinski definition) is 2. The quantitative estimate of drug-likeness (QED) is 0.526. The summed E-state index contributed by atoms with van der Waals surface area (Å²) < 4.78 is 0. The van der Waals surface area contributed by atoms with Crippen LogP contribution in [0.4, 0.5) is 0 Å². The van der Waals surface area contributed by atoms with Crippen LogP contribution in [-0.2, 0) is 0 Å². The van der Waals surface area contributed by atoms with Gasteiger partial charge in [-0.3, -0.25) is 0 Å². The molecule has 2 nitrogen and oxygen atoms in total. The average molecular weight is 144 g/mol. The zero-order valence-electron chi connectivity index (χ0n) is 6.61. The molecule has 2 fully saturated rings. The van der Waals surface area contributed by atoms with Gasteiger partial charge in [0, 0.05) is 22.0 Å². The summed E-state index contributed by atoms with van der Waals surface area (Å²) in [6.07, 6.45) is 2.75. The highest BCUT2D eigenvalue weighted by Gasteiger charge is 2.39. The summed E-state index contributed by atoms with van der Waals surface area (Å²) >= 11 is 0. The molecule has 0 aromatic rings. The molecule has 0 amide bonds. The van der Waals surface area contributed by atoms with E-state index in [1.54, 1.807) is 0 Å². The first-order chi connectivity index (χ1) is 4.81. The van der Waals surface area contributed by atoms with E-state index in [0.717, 1.165) is 6.04 Å². The van der Waals surface area contributed by atoms with Crippen LogP contribution >= 0.6 is 0 Å². The molecule has 2 saturated heterocycles. The zero-order valence-corrected chi connectivity index (χ0v) is 6.61. The second-order valence-electron chi connectivity index (χ2n) is 3.91. The van der Waals surface area contributed by atoms with Gasteiger partial charge in [-0.1, -0.05) is 0 Å². The monoisotopic (exact) mass is 144 g/mol. The molecule has 2 N–H and O–H groups in total. The second-order valence-corrected chi connectivity index (χ2v) is 3.91. The maximum atomic E-state index is 3.51. The number of hydrogen-bond acceptors (Lipinski definition) is 2. The van der Waals surface area contributed by atoms with Gasteiger partial charge >= 0.3 is 0 Å². The first-order valence-electron chi connectivity index (χ1n) is 4.25. The first-order valence-corrected chi connectivity index (χ1v) is 4.25. The lowest BCUT2D eigenvalue weighted by Gasteiger charge is -2.19. The van der Waals surface area contributed by atoms with E-state index < -0.39 is 0 Å². The Hall–Kier alpha value is -0.0800. The summed E-state index contributed by atoms with van der Waals surface area (Å²) in [5, 5.41) is 6.95. The molecule has 2 aliphatic rings. The smallest absolute Gasteiger partial charge is 0.00452 e. The van der Waals surface area contributed by atoms with Crippen molar-refractivity contribution in [1.82, 2.24) is 10.6 Å². The Morgan fingerprint density at radius 2 is 2.40 bits per heavy atom. The predicted molar refractivity (Wildman–Crippen MR) is 46.2 cm³/mol. The molecule has 2 rings (SSSR count).